The Kier molecular flexibility index (Phi) is 5.03. The number of methoxy groups -OCH3 is 1. The maximum absolute atomic E-state index is 12.1. The van der Waals surface area contributed by atoms with Crippen molar-refractivity contribution in [2.24, 2.45) is 0 Å². The molecule has 0 aliphatic carbocycles. The lowest BCUT2D eigenvalue weighted by atomic mass is 9.98. The van der Waals surface area contributed by atoms with Gasteiger partial charge in [0, 0.05) is 12.3 Å². The highest BCUT2D eigenvalue weighted by Gasteiger charge is 2.42. The molecule has 1 aliphatic heterocycles. The topological polar surface area (TPSA) is 38.3 Å². The van der Waals surface area contributed by atoms with E-state index in [1.165, 1.54) is 23.8 Å². The Morgan fingerprint density at radius 1 is 1.13 bits per heavy atom. The highest BCUT2D eigenvalue weighted by Crippen LogP contribution is 2.29. The normalized spacial score (nSPS) is 20.4. The van der Waals surface area contributed by atoms with E-state index in [9.17, 15) is 4.79 Å². The van der Waals surface area contributed by atoms with Crippen LogP contribution >= 0.6 is 11.8 Å². The molecule has 0 bridgehead atoms. The zero-order valence-corrected chi connectivity index (χ0v) is 14.1. The van der Waals surface area contributed by atoms with Crippen LogP contribution in [0.4, 0.5) is 0 Å². The third-order valence-corrected chi connectivity index (χ3v) is 5.48. The Bertz CT molecular complexity index is 649. The van der Waals surface area contributed by atoms with Crippen LogP contribution in [0.2, 0.25) is 0 Å². The molecule has 1 aliphatic rings. The van der Waals surface area contributed by atoms with Crippen molar-refractivity contribution in [1.29, 1.82) is 0 Å². The Hall–Kier alpha value is -1.78. The predicted octanol–water partition coefficient (Wildman–Crippen LogP) is 3.49. The van der Waals surface area contributed by atoms with E-state index in [4.69, 9.17) is 4.74 Å². The summed E-state index contributed by atoms with van der Waals surface area (Å²) in [6.45, 7) is 0.671. The van der Waals surface area contributed by atoms with Gasteiger partial charge in [-0.2, -0.15) is 11.8 Å². The number of nitrogens with one attached hydrogen (secondary N) is 1. The van der Waals surface area contributed by atoms with Gasteiger partial charge in [0.2, 0.25) is 0 Å². The second-order valence-electron chi connectivity index (χ2n) is 5.79. The van der Waals surface area contributed by atoms with Crippen molar-refractivity contribution in [3.63, 3.8) is 0 Å². The summed E-state index contributed by atoms with van der Waals surface area (Å²) in [6, 6.07) is 18.8. The number of thioether (sulfide) groups is 1. The van der Waals surface area contributed by atoms with Crippen LogP contribution in [-0.2, 0) is 16.1 Å². The van der Waals surface area contributed by atoms with Crippen LogP contribution in [0.5, 0.6) is 0 Å². The lowest BCUT2D eigenvalue weighted by Gasteiger charge is -2.26. The van der Waals surface area contributed by atoms with Gasteiger partial charge in [-0.15, -0.1) is 0 Å². The van der Waals surface area contributed by atoms with Gasteiger partial charge < -0.3 is 4.74 Å². The molecule has 1 heterocycles. The van der Waals surface area contributed by atoms with Gasteiger partial charge in [0.05, 0.1) is 7.11 Å². The summed E-state index contributed by atoms with van der Waals surface area (Å²) in [5.74, 6) is 1.62. The van der Waals surface area contributed by atoms with Gasteiger partial charge in [-0.3, -0.25) is 10.1 Å². The molecule has 0 amide bonds. The van der Waals surface area contributed by atoms with E-state index in [0.29, 0.717) is 6.54 Å². The molecule has 1 saturated heterocycles. The molecule has 2 aromatic carbocycles. The molecule has 4 heteroatoms. The van der Waals surface area contributed by atoms with Gasteiger partial charge in [-0.25, -0.2) is 0 Å². The van der Waals surface area contributed by atoms with Crippen LogP contribution in [0, 0.1) is 0 Å². The molecule has 3 nitrogen and oxygen atoms in total. The number of hydrogen-bond acceptors (Lipinski definition) is 4. The summed E-state index contributed by atoms with van der Waals surface area (Å²) in [4.78, 5) is 12.1. The number of ether oxygens (including phenoxy) is 1. The van der Waals surface area contributed by atoms with Crippen molar-refractivity contribution < 1.29 is 9.53 Å². The van der Waals surface area contributed by atoms with E-state index in [1.54, 1.807) is 11.8 Å². The molecule has 0 aromatic heterocycles. The minimum atomic E-state index is -0.530. The number of benzene rings is 2. The number of esters is 1. The van der Waals surface area contributed by atoms with Crippen molar-refractivity contribution in [2.75, 3.05) is 18.6 Å². The van der Waals surface area contributed by atoms with Gasteiger partial charge in [-0.1, -0.05) is 54.6 Å². The third kappa shape index (κ3) is 3.59. The van der Waals surface area contributed by atoms with Crippen molar-refractivity contribution in [1.82, 2.24) is 5.32 Å². The molecule has 2 aromatic rings. The Morgan fingerprint density at radius 3 is 2.43 bits per heavy atom. The predicted molar refractivity (Wildman–Crippen MR) is 95.4 cm³/mol. The average Bonchev–Trinajstić information content (AvgIpc) is 3.11. The first-order chi connectivity index (χ1) is 11.2. The zero-order chi connectivity index (χ0) is 16.1. The maximum atomic E-state index is 12.1. The molecule has 3 rings (SSSR count). The van der Waals surface area contributed by atoms with Crippen LogP contribution < -0.4 is 5.32 Å². The average molecular weight is 327 g/mol. The molecule has 0 spiro atoms. The van der Waals surface area contributed by atoms with E-state index < -0.39 is 5.54 Å². The molecule has 23 heavy (non-hydrogen) atoms. The van der Waals surface area contributed by atoms with Crippen LogP contribution in [0.15, 0.2) is 54.6 Å². The van der Waals surface area contributed by atoms with Crippen molar-refractivity contribution >= 4 is 17.7 Å². The molecular formula is C19H21NO2S. The number of carbonyl (C=O) groups is 1. The highest BCUT2D eigenvalue weighted by atomic mass is 32.2. The van der Waals surface area contributed by atoms with Gasteiger partial charge in [-0.05, 0) is 28.9 Å². The lowest BCUT2D eigenvalue weighted by molar-refractivity contribution is -0.147. The molecule has 1 unspecified atom stereocenters. The lowest BCUT2D eigenvalue weighted by Crippen LogP contribution is -2.52. The van der Waals surface area contributed by atoms with E-state index in [-0.39, 0.29) is 5.97 Å². The van der Waals surface area contributed by atoms with Gasteiger partial charge in [0.25, 0.3) is 0 Å². The maximum Gasteiger partial charge on any atom is 0.326 e. The molecular weight excluding hydrogens is 306 g/mol. The van der Waals surface area contributed by atoms with Crippen LogP contribution in [0.1, 0.15) is 12.0 Å². The summed E-state index contributed by atoms with van der Waals surface area (Å²) in [5, 5.41) is 3.43. The number of carbonyl (C=O) groups excluding carboxylic acids is 1. The van der Waals surface area contributed by atoms with Gasteiger partial charge in [0.15, 0.2) is 0 Å². The second-order valence-corrected chi connectivity index (χ2v) is 6.90. The quantitative estimate of drug-likeness (QED) is 0.853. The summed E-state index contributed by atoms with van der Waals surface area (Å²) >= 11 is 1.80. The van der Waals surface area contributed by atoms with E-state index >= 15 is 0 Å². The molecule has 1 fully saturated rings. The summed E-state index contributed by atoms with van der Waals surface area (Å²) in [5.41, 5.74) is 3.06. The smallest absolute Gasteiger partial charge is 0.326 e. The molecule has 1 N–H and O–H groups in total. The SMILES string of the molecule is COC(=O)C1(NCc2ccc(-c3ccccc3)cc2)CCSC1. The number of rotatable bonds is 5. The fraction of sp³-hybridized carbons (Fsp3) is 0.316. The Morgan fingerprint density at radius 2 is 1.83 bits per heavy atom. The Balaban J connectivity index is 1.68. The summed E-state index contributed by atoms with van der Waals surface area (Å²) < 4.78 is 4.99. The Labute approximate surface area is 141 Å². The van der Waals surface area contributed by atoms with Crippen LogP contribution in [0.25, 0.3) is 11.1 Å². The monoisotopic (exact) mass is 327 g/mol. The molecule has 1 atom stereocenters. The van der Waals surface area contributed by atoms with Crippen LogP contribution in [-0.4, -0.2) is 30.1 Å². The van der Waals surface area contributed by atoms with Crippen molar-refractivity contribution in [3.8, 4) is 11.1 Å². The third-order valence-electron chi connectivity index (χ3n) is 4.29. The first-order valence-corrected chi connectivity index (χ1v) is 8.94. The fourth-order valence-corrected chi connectivity index (χ4v) is 4.20. The minimum absolute atomic E-state index is 0.150. The van der Waals surface area contributed by atoms with Crippen molar-refractivity contribution in [2.45, 2.75) is 18.5 Å². The highest BCUT2D eigenvalue weighted by molar-refractivity contribution is 7.99. The fourth-order valence-electron chi connectivity index (χ4n) is 2.85. The first-order valence-electron chi connectivity index (χ1n) is 7.79. The number of hydrogen-bond donors (Lipinski definition) is 1. The standard InChI is InChI=1S/C19H21NO2S/c1-22-18(21)19(11-12-23-14-19)20-13-15-7-9-17(10-8-15)16-5-3-2-4-6-16/h2-10,20H,11-14H2,1H3. The van der Waals surface area contributed by atoms with E-state index in [2.05, 4.69) is 41.7 Å². The largest absolute Gasteiger partial charge is 0.468 e. The van der Waals surface area contributed by atoms with Crippen molar-refractivity contribution in [3.05, 3.63) is 60.2 Å². The second kappa shape index (κ2) is 7.20. The molecule has 0 saturated carbocycles. The molecule has 0 radical (unpaired) electrons. The van der Waals surface area contributed by atoms with E-state index in [0.717, 1.165) is 17.9 Å². The minimum Gasteiger partial charge on any atom is -0.468 e. The summed E-state index contributed by atoms with van der Waals surface area (Å²) in [7, 11) is 1.46. The van der Waals surface area contributed by atoms with E-state index in [1.807, 2.05) is 18.2 Å². The zero-order valence-electron chi connectivity index (χ0n) is 13.2. The van der Waals surface area contributed by atoms with Gasteiger partial charge in [0.1, 0.15) is 5.54 Å². The molecule has 120 valence electrons. The van der Waals surface area contributed by atoms with Gasteiger partial charge >= 0.3 is 5.97 Å². The first kappa shape index (κ1) is 16.1. The van der Waals surface area contributed by atoms with Crippen LogP contribution in [0.3, 0.4) is 0 Å². The summed E-state index contributed by atoms with van der Waals surface area (Å²) in [6.07, 6.45) is 0.826.